The van der Waals surface area contributed by atoms with Crippen LogP contribution >= 0.6 is 0 Å². The van der Waals surface area contributed by atoms with E-state index in [2.05, 4.69) is 23.7 Å². The number of benzene rings is 1. The first kappa shape index (κ1) is 31.2. The minimum absolute atomic E-state index is 0.0767. The third kappa shape index (κ3) is 6.47. The van der Waals surface area contributed by atoms with Crippen molar-refractivity contribution in [2.75, 3.05) is 24.7 Å². The Bertz CT molecular complexity index is 1670. The molecule has 1 saturated heterocycles. The number of nitrogens with zero attached hydrogens (tertiary/aromatic N) is 4. The highest BCUT2D eigenvalue weighted by Crippen LogP contribution is 2.59. The van der Waals surface area contributed by atoms with Crippen LogP contribution in [0.4, 0.5) is 19.0 Å². The van der Waals surface area contributed by atoms with E-state index in [4.69, 9.17) is 14.5 Å². The van der Waals surface area contributed by atoms with Crippen LogP contribution in [0, 0.1) is 11.3 Å². The average Bonchev–Trinajstić information content (AvgIpc) is 3.53. The van der Waals surface area contributed by atoms with Gasteiger partial charge in [0, 0.05) is 24.3 Å². The zero-order valence-corrected chi connectivity index (χ0v) is 26.0. The molecule has 7 rings (SSSR count). The van der Waals surface area contributed by atoms with Crippen LogP contribution < -0.4 is 19.1 Å². The predicted octanol–water partition coefficient (Wildman–Crippen LogP) is 5.67. The fourth-order valence-electron chi connectivity index (χ4n) is 6.27. The maximum atomic E-state index is 13.6. The van der Waals surface area contributed by atoms with Gasteiger partial charge in [-0.2, -0.15) is 13.2 Å². The number of fused-ring (bicyclic) bond motifs is 8. The van der Waals surface area contributed by atoms with Crippen LogP contribution in [0.1, 0.15) is 69.2 Å². The highest BCUT2D eigenvalue weighted by Gasteiger charge is 2.62. The van der Waals surface area contributed by atoms with E-state index in [1.54, 1.807) is 30.5 Å². The molecule has 1 aliphatic carbocycles. The van der Waals surface area contributed by atoms with Gasteiger partial charge in [-0.3, -0.25) is 4.79 Å². The van der Waals surface area contributed by atoms with E-state index < -0.39 is 33.1 Å². The number of rotatable bonds is 5. The summed E-state index contributed by atoms with van der Waals surface area (Å²) in [6.07, 6.45) is 0.992. The Morgan fingerprint density at radius 2 is 1.84 bits per heavy atom. The zero-order valence-electron chi connectivity index (χ0n) is 25.1. The maximum Gasteiger partial charge on any atom is 0.394 e. The highest BCUT2D eigenvalue weighted by atomic mass is 32.2. The summed E-state index contributed by atoms with van der Waals surface area (Å²) < 4.78 is 81.1. The molecule has 0 spiro atoms. The van der Waals surface area contributed by atoms with E-state index in [1.807, 2.05) is 4.90 Å². The van der Waals surface area contributed by atoms with Crippen LogP contribution in [0.15, 0.2) is 53.6 Å². The van der Waals surface area contributed by atoms with Gasteiger partial charge in [0.25, 0.3) is 15.9 Å². The van der Waals surface area contributed by atoms with Gasteiger partial charge in [0.05, 0.1) is 29.1 Å². The maximum absolute atomic E-state index is 13.6. The van der Waals surface area contributed by atoms with Crippen LogP contribution in [0.3, 0.4) is 0 Å². The van der Waals surface area contributed by atoms with E-state index in [0.717, 1.165) is 25.7 Å². The second-order valence-corrected chi connectivity index (χ2v) is 14.4. The molecule has 1 saturated carbocycles. The van der Waals surface area contributed by atoms with Crippen molar-refractivity contribution in [1.29, 1.82) is 0 Å². The third-order valence-electron chi connectivity index (χ3n) is 9.04. The summed E-state index contributed by atoms with van der Waals surface area (Å²) in [5, 5.41) is 4.35. The van der Waals surface area contributed by atoms with E-state index in [-0.39, 0.29) is 42.2 Å². The summed E-state index contributed by atoms with van der Waals surface area (Å²) in [6, 6.07) is 10.5. The highest BCUT2D eigenvalue weighted by molar-refractivity contribution is 7.90. The van der Waals surface area contributed by atoms with Gasteiger partial charge in [0.15, 0.2) is 5.82 Å². The Labute approximate surface area is 260 Å². The molecule has 242 valence electrons. The summed E-state index contributed by atoms with van der Waals surface area (Å²) in [7, 11) is -4.20. The number of hydrogen-bond donors (Lipinski definition) is 1. The molecule has 10 nitrogen and oxygen atoms in total. The summed E-state index contributed by atoms with van der Waals surface area (Å²) in [5.41, 5.74) is -1.97. The lowest BCUT2D eigenvalue weighted by Crippen LogP contribution is -2.41. The second-order valence-electron chi connectivity index (χ2n) is 12.8. The quantitative estimate of drug-likeness (QED) is 0.377. The van der Waals surface area contributed by atoms with Gasteiger partial charge >= 0.3 is 6.18 Å². The van der Waals surface area contributed by atoms with Gasteiger partial charge in [-0.15, -0.1) is 5.10 Å². The molecule has 2 aromatic heterocycles. The zero-order chi connectivity index (χ0) is 32.0. The lowest BCUT2D eigenvalue weighted by atomic mass is 9.93. The van der Waals surface area contributed by atoms with Crippen LogP contribution in [0.2, 0.25) is 0 Å². The first-order valence-electron chi connectivity index (χ1n) is 15.1. The molecule has 45 heavy (non-hydrogen) atoms. The first-order chi connectivity index (χ1) is 21.3. The van der Waals surface area contributed by atoms with E-state index >= 15 is 0 Å². The number of nitrogens with one attached hydrogen (secondary N) is 1. The van der Waals surface area contributed by atoms with Crippen LogP contribution in [-0.2, 0) is 10.0 Å². The average molecular weight is 648 g/mol. The lowest BCUT2D eigenvalue weighted by Gasteiger charge is -2.34. The number of anilines is 1. The van der Waals surface area contributed by atoms with E-state index in [0.29, 0.717) is 36.5 Å². The van der Waals surface area contributed by atoms with Crippen molar-refractivity contribution in [2.24, 2.45) is 11.3 Å². The molecule has 1 amide bonds. The fraction of sp³-hybridized carbons (Fsp3) is 0.516. The van der Waals surface area contributed by atoms with Crippen LogP contribution in [-0.4, -0.2) is 60.6 Å². The SMILES string of the molecule is CC1(C)C[C@H]2CCCCOc3ccc(cc3)S(=O)(=O)NC(=O)c3ccc(-n4ccc(OCCC5(C(F)(F)F)CC5)n4)nc3N1C2. The molecule has 1 atom stereocenters. The van der Waals surface area contributed by atoms with Crippen molar-refractivity contribution in [3.8, 4) is 17.4 Å². The molecule has 4 bridgehead atoms. The van der Waals surface area contributed by atoms with Gasteiger partial charge in [-0.25, -0.2) is 22.8 Å². The Morgan fingerprint density at radius 3 is 2.56 bits per heavy atom. The fourth-order valence-corrected chi connectivity index (χ4v) is 7.23. The van der Waals surface area contributed by atoms with Crippen molar-refractivity contribution in [3.05, 3.63) is 54.2 Å². The molecule has 14 heteroatoms. The van der Waals surface area contributed by atoms with Gasteiger partial charge in [-0.05, 0) is 101 Å². The molecule has 3 aliphatic heterocycles. The minimum atomic E-state index is -4.25. The van der Waals surface area contributed by atoms with Crippen LogP contribution in [0.25, 0.3) is 5.82 Å². The number of pyridine rings is 1. The molecule has 1 aromatic carbocycles. The van der Waals surface area contributed by atoms with Gasteiger partial charge in [0.1, 0.15) is 11.6 Å². The summed E-state index contributed by atoms with van der Waals surface area (Å²) in [5.74, 6) is 0.853. The van der Waals surface area contributed by atoms with Crippen molar-refractivity contribution < 1.29 is 35.9 Å². The largest absolute Gasteiger partial charge is 0.494 e. The molecular weight excluding hydrogens is 611 g/mol. The van der Waals surface area contributed by atoms with Crippen molar-refractivity contribution in [3.63, 3.8) is 0 Å². The molecule has 0 unspecified atom stereocenters. The minimum Gasteiger partial charge on any atom is -0.494 e. The molecule has 1 N–H and O–H groups in total. The topological polar surface area (TPSA) is 116 Å². The molecule has 0 radical (unpaired) electrons. The normalized spacial score (nSPS) is 22.2. The molecule has 3 aromatic rings. The van der Waals surface area contributed by atoms with Crippen molar-refractivity contribution >= 4 is 21.7 Å². The number of aromatic nitrogens is 3. The number of hydrogen-bond acceptors (Lipinski definition) is 8. The number of ether oxygens (including phenoxy) is 2. The summed E-state index contributed by atoms with van der Waals surface area (Å²) in [4.78, 5) is 20.4. The Kier molecular flexibility index (Phi) is 7.99. The Morgan fingerprint density at radius 1 is 1.09 bits per heavy atom. The Balaban J connectivity index is 1.29. The third-order valence-corrected chi connectivity index (χ3v) is 10.4. The Hall–Kier alpha value is -3.81. The number of carbonyl (C=O) groups is 1. The number of sulfonamides is 1. The predicted molar refractivity (Wildman–Crippen MR) is 159 cm³/mol. The molecular formula is C31H36F3N5O5S. The number of carbonyl (C=O) groups excluding carboxylic acids is 1. The standard InChI is InChI=1S/C31H36F3N5O5S/c1-29(2)19-21-5-3-4-17-43-22-6-8-23(9-7-22)45(41,42)37-28(40)24-10-11-25(35-27(24)38(29)20-21)39-16-12-26(36-39)44-18-15-30(13-14-30)31(32,33)34/h6-12,16,21H,3-5,13-15,17-20H2,1-2H3,(H,37,40)/t21-/m1/s1. The molecule has 5 heterocycles. The summed E-state index contributed by atoms with van der Waals surface area (Å²) >= 11 is 0. The number of alkyl halides is 3. The first-order valence-corrected chi connectivity index (χ1v) is 16.6. The van der Waals surface area contributed by atoms with Gasteiger partial charge < -0.3 is 14.4 Å². The van der Waals surface area contributed by atoms with Crippen LogP contribution in [0.5, 0.6) is 11.6 Å². The lowest BCUT2D eigenvalue weighted by molar-refractivity contribution is -0.190. The number of halogens is 3. The van der Waals surface area contributed by atoms with E-state index in [9.17, 15) is 26.4 Å². The van der Waals surface area contributed by atoms with Gasteiger partial charge in [-0.1, -0.05) is 0 Å². The monoisotopic (exact) mass is 647 g/mol. The van der Waals surface area contributed by atoms with Crippen molar-refractivity contribution in [2.45, 2.75) is 75.4 Å². The number of amides is 1. The van der Waals surface area contributed by atoms with E-state index in [1.165, 1.54) is 22.9 Å². The smallest absolute Gasteiger partial charge is 0.394 e. The van der Waals surface area contributed by atoms with Gasteiger partial charge in [0.2, 0.25) is 5.88 Å². The second kappa shape index (κ2) is 11.5. The molecule has 2 fully saturated rings. The summed E-state index contributed by atoms with van der Waals surface area (Å²) in [6.45, 7) is 5.13. The van der Waals surface area contributed by atoms with Crippen molar-refractivity contribution in [1.82, 2.24) is 19.5 Å². The molecule has 4 aliphatic rings.